The molecule has 0 fully saturated rings. The van der Waals surface area contributed by atoms with Gasteiger partial charge >= 0.3 is 0 Å². The topological polar surface area (TPSA) is 34.1 Å². The first-order chi connectivity index (χ1) is 14.9. The fourth-order valence-corrected chi connectivity index (χ4v) is 6.03. The fourth-order valence-electron chi connectivity index (χ4n) is 3.59. The lowest BCUT2D eigenvalue weighted by atomic mass is 10.1. The minimum atomic E-state index is -3.66. The molecular formula is C26H20I2O2S. The highest BCUT2D eigenvalue weighted by Gasteiger charge is 2.24. The van der Waals surface area contributed by atoms with E-state index in [4.69, 9.17) is 0 Å². The first-order valence-electron chi connectivity index (χ1n) is 9.83. The van der Waals surface area contributed by atoms with Crippen LogP contribution >= 0.6 is 45.2 Å². The van der Waals surface area contributed by atoms with Gasteiger partial charge in [0.15, 0.2) is 0 Å². The average molecular weight is 650 g/mol. The summed E-state index contributed by atoms with van der Waals surface area (Å²) in [5, 5.41) is 0. The van der Waals surface area contributed by atoms with Crippen molar-refractivity contribution < 1.29 is 8.42 Å². The second-order valence-corrected chi connectivity index (χ2v) is 11.7. The van der Waals surface area contributed by atoms with Crippen molar-refractivity contribution in [1.82, 2.24) is 0 Å². The predicted molar refractivity (Wildman–Crippen MR) is 142 cm³/mol. The van der Waals surface area contributed by atoms with Crippen LogP contribution in [0.1, 0.15) is 22.3 Å². The van der Waals surface area contributed by atoms with E-state index in [-0.39, 0.29) is 0 Å². The van der Waals surface area contributed by atoms with Crippen molar-refractivity contribution in [2.45, 2.75) is 22.6 Å². The first kappa shape index (κ1) is 22.5. The molecule has 0 radical (unpaired) electrons. The molecule has 5 heteroatoms. The highest BCUT2D eigenvalue weighted by molar-refractivity contribution is 14.1. The van der Waals surface area contributed by atoms with Crippen LogP contribution in [-0.4, -0.2) is 8.42 Å². The molecule has 0 aliphatic rings. The summed E-state index contributed by atoms with van der Waals surface area (Å²) < 4.78 is 29.8. The Balaban J connectivity index is 1.73. The van der Waals surface area contributed by atoms with E-state index >= 15 is 0 Å². The van der Waals surface area contributed by atoms with E-state index in [2.05, 4.69) is 69.4 Å². The molecular weight excluding hydrogens is 630 g/mol. The molecule has 0 aliphatic carbocycles. The number of rotatable bonds is 6. The lowest BCUT2D eigenvalue weighted by molar-refractivity contribution is 0.594. The van der Waals surface area contributed by atoms with Gasteiger partial charge in [-0.3, -0.25) is 0 Å². The van der Waals surface area contributed by atoms with Crippen LogP contribution in [0.5, 0.6) is 0 Å². The van der Waals surface area contributed by atoms with Crippen LogP contribution in [0.25, 0.3) is 0 Å². The van der Waals surface area contributed by atoms with Crippen molar-refractivity contribution in [2.75, 3.05) is 0 Å². The van der Waals surface area contributed by atoms with Gasteiger partial charge in [0.1, 0.15) is 0 Å². The summed E-state index contributed by atoms with van der Waals surface area (Å²) in [5.74, 6) is 0. The Hall–Kier alpha value is -1.71. The molecule has 0 aliphatic heterocycles. The Labute approximate surface area is 210 Å². The number of sulfone groups is 1. The van der Waals surface area contributed by atoms with Gasteiger partial charge in [0.25, 0.3) is 0 Å². The zero-order valence-electron chi connectivity index (χ0n) is 16.6. The van der Waals surface area contributed by atoms with Gasteiger partial charge < -0.3 is 0 Å². The SMILES string of the molecule is O=S(=O)(c1ccccc1Cc1ccc(I)cc1)c1ccccc1Cc1ccc(I)cc1. The lowest BCUT2D eigenvalue weighted by Gasteiger charge is -2.14. The molecule has 0 bridgehead atoms. The number of hydrogen-bond acceptors (Lipinski definition) is 2. The molecule has 4 rings (SSSR count). The van der Waals surface area contributed by atoms with E-state index in [0.717, 1.165) is 29.4 Å². The van der Waals surface area contributed by atoms with Crippen LogP contribution in [0, 0.1) is 7.14 Å². The summed E-state index contributed by atoms with van der Waals surface area (Å²) in [7, 11) is -3.66. The van der Waals surface area contributed by atoms with Crippen molar-refractivity contribution in [3.05, 3.63) is 126 Å². The first-order valence-corrected chi connectivity index (χ1v) is 13.5. The summed E-state index contributed by atoms with van der Waals surface area (Å²) in [5.41, 5.74) is 3.81. The summed E-state index contributed by atoms with van der Waals surface area (Å²) in [4.78, 5) is 0.757. The minimum absolute atomic E-state index is 0.378. The Kier molecular flexibility index (Phi) is 7.13. The van der Waals surface area contributed by atoms with Gasteiger partial charge in [-0.05, 0) is 117 Å². The fraction of sp³-hybridized carbons (Fsp3) is 0.0769. The van der Waals surface area contributed by atoms with Crippen LogP contribution in [0.2, 0.25) is 0 Å². The Morgan fingerprint density at radius 1 is 0.516 bits per heavy atom. The number of hydrogen-bond donors (Lipinski definition) is 0. The van der Waals surface area contributed by atoms with Gasteiger partial charge in [-0.25, -0.2) is 8.42 Å². The monoisotopic (exact) mass is 650 g/mol. The standard InChI is InChI=1S/C26H20I2O2S/c27-23-13-9-19(10-14-23)17-21-5-1-3-7-25(21)31(29,30)26-8-4-2-6-22(26)18-20-11-15-24(28)16-12-20/h1-16H,17-18H2. The zero-order valence-corrected chi connectivity index (χ0v) is 21.8. The van der Waals surface area contributed by atoms with Gasteiger partial charge in [-0.15, -0.1) is 0 Å². The quantitative estimate of drug-likeness (QED) is 0.213. The van der Waals surface area contributed by atoms with Crippen molar-refractivity contribution in [3.63, 3.8) is 0 Å². The lowest BCUT2D eigenvalue weighted by Crippen LogP contribution is -2.09. The van der Waals surface area contributed by atoms with Crippen LogP contribution in [-0.2, 0) is 22.7 Å². The summed E-state index contributed by atoms with van der Waals surface area (Å²) >= 11 is 4.55. The highest BCUT2D eigenvalue weighted by atomic mass is 127. The van der Waals surface area contributed by atoms with Crippen molar-refractivity contribution in [1.29, 1.82) is 0 Å². The van der Waals surface area contributed by atoms with E-state index in [1.807, 2.05) is 48.5 Å². The summed E-state index contributed by atoms with van der Waals surface area (Å²) in [6, 6.07) is 31.0. The Morgan fingerprint density at radius 3 is 1.26 bits per heavy atom. The molecule has 156 valence electrons. The molecule has 0 saturated heterocycles. The third-order valence-corrected chi connectivity index (χ3v) is 8.53. The summed E-state index contributed by atoms with van der Waals surface area (Å²) in [6.45, 7) is 0. The Morgan fingerprint density at radius 2 is 0.871 bits per heavy atom. The maximum absolute atomic E-state index is 13.8. The molecule has 31 heavy (non-hydrogen) atoms. The molecule has 0 N–H and O–H groups in total. The maximum atomic E-state index is 13.8. The smallest absolute Gasteiger partial charge is 0.207 e. The van der Waals surface area contributed by atoms with Crippen LogP contribution in [0.15, 0.2) is 107 Å². The van der Waals surface area contributed by atoms with Crippen molar-refractivity contribution in [3.8, 4) is 0 Å². The van der Waals surface area contributed by atoms with E-state index < -0.39 is 9.84 Å². The molecule has 0 spiro atoms. The second kappa shape index (κ2) is 9.83. The maximum Gasteiger partial charge on any atom is 0.207 e. The van der Waals surface area contributed by atoms with Crippen LogP contribution < -0.4 is 0 Å². The van der Waals surface area contributed by atoms with E-state index in [1.54, 1.807) is 24.3 Å². The predicted octanol–water partition coefficient (Wildman–Crippen LogP) is 6.91. The molecule has 0 heterocycles. The summed E-state index contributed by atoms with van der Waals surface area (Å²) in [6.07, 6.45) is 1.15. The normalized spacial score (nSPS) is 11.4. The molecule has 0 amide bonds. The Bertz CT molecular complexity index is 1200. The van der Waals surface area contributed by atoms with E-state index in [9.17, 15) is 8.42 Å². The molecule has 2 nitrogen and oxygen atoms in total. The molecule has 4 aromatic carbocycles. The van der Waals surface area contributed by atoms with Crippen LogP contribution in [0.4, 0.5) is 0 Å². The molecule has 0 unspecified atom stereocenters. The third kappa shape index (κ3) is 5.38. The number of benzene rings is 4. The van der Waals surface area contributed by atoms with Crippen molar-refractivity contribution >= 4 is 55.0 Å². The molecule has 0 saturated carbocycles. The minimum Gasteiger partial charge on any atom is -0.218 e. The molecule has 4 aromatic rings. The number of halogens is 2. The second-order valence-electron chi connectivity index (χ2n) is 7.33. The molecule has 0 atom stereocenters. The van der Waals surface area contributed by atoms with Gasteiger partial charge in [-0.2, -0.15) is 0 Å². The highest BCUT2D eigenvalue weighted by Crippen LogP contribution is 2.29. The van der Waals surface area contributed by atoms with Gasteiger partial charge in [0.05, 0.1) is 9.79 Å². The van der Waals surface area contributed by atoms with E-state index in [1.165, 1.54) is 0 Å². The van der Waals surface area contributed by atoms with Gasteiger partial charge in [0.2, 0.25) is 9.84 Å². The van der Waals surface area contributed by atoms with Crippen LogP contribution in [0.3, 0.4) is 0 Å². The van der Waals surface area contributed by atoms with Gasteiger partial charge in [-0.1, -0.05) is 60.7 Å². The zero-order chi connectivity index (χ0) is 21.8. The van der Waals surface area contributed by atoms with Gasteiger partial charge in [0, 0.05) is 7.14 Å². The average Bonchev–Trinajstić information content (AvgIpc) is 2.77. The van der Waals surface area contributed by atoms with E-state index in [0.29, 0.717) is 22.6 Å². The third-order valence-electron chi connectivity index (χ3n) is 5.14. The van der Waals surface area contributed by atoms with Crippen molar-refractivity contribution in [2.24, 2.45) is 0 Å². The largest absolute Gasteiger partial charge is 0.218 e. The molecule has 0 aromatic heterocycles.